The van der Waals surface area contributed by atoms with Crippen LogP contribution in [-0.4, -0.2) is 17.4 Å². The second-order valence-electron chi connectivity index (χ2n) is 4.55. The summed E-state index contributed by atoms with van der Waals surface area (Å²) in [7, 11) is 0. The molecule has 18 heavy (non-hydrogen) atoms. The Kier molecular flexibility index (Phi) is 4.81. The Hall–Kier alpha value is -1.01. The quantitative estimate of drug-likeness (QED) is 0.833. The third-order valence-corrected chi connectivity index (χ3v) is 3.58. The van der Waals surface area contributed by atoms with E-state index in [-0.39, 0.29) is 12.1 Å². The van der Waals surface area contributed by atoms with Gasteiger partial charge < -0.3 is 11.1 Å². The van der Waals surface area contributed by atoms with E-state index in [4.69, 9.17) is 18.0 Å². The first-order valence-electron chi connectivity index (χ1n) is 5.27. The van der Waals surface area contributed by atoms with Crippen molar-refractivity contribution in [3.63, 3.8) is 0 Å². The number of nitrogens with one attached hydrogen (secondary N) is 1. The van der Waals surface area contributed by atoms with Gasteiger partial charge in [0.1, 0.15) is 5.82 Å². The van der Waals surface area contributed by atoms with Gasteiger partial charge >= 0.3 is 0 Å². The normalized spacial score (nSPS) is 11.1. The standard InChI is InChI=1S/C12H14BrFN2OS/c1-12(2,11(15)18)6-16-10(17)8-5-7(13)3-4-9(8)14/h3-5H,6H2,1-2H3,(H2,15,18)(H,16,17). The van der Waals surface area contributed by atoms with Crippen LogP contribution in [0.4, 0.5) is 4.39 Å². The largest absolute Gasteiger partial charge is 0.393 e. The predicted octanol–water partition coefficient (Wildman–Crippen LogP) is 2.63. The van der Waals surface area contributed by atoms with Gasteiger partial charge in [0.05, 0.1) is 10.6 Å². The fourth-order valence-electron chi connectivity index (χ4n) is 1.16. The molecule has 0 aliphatic heterocycles. The Morgan fingerprint density at radius 2 is 2.17 bits per heavy atom. The highest BCUT2D eigenvalue weighted by molar-refractivity contribution is 9.10. The molecule has 1 aromatic carbocycles. The van der Waals surface area contributed by atoms with E-state index in [1.54, 1.807) is 0 Å². The molecule has 6 heteroatoms. The average Bonchev–Trinajstić information content (AvgIpc) is 2.29. The van der Waals surface area contributed by atoms with Crippen molar-refractivity contribution < 1.29 is 9.18 Å². The van der Waals surface area contributed by atoms with Gasteiger partial charge in [0, 0.05) is 16.4 Å². The van der Waals surface area contributed by atoms with E-state index in [2.05, 4.69) is 21.2 Å². The van der Waals surface area contributed by atoms with E-state index in [0.29, 0.717) is 9.46 Å². The number of amides is 1. The molecule has 1 amide bonds. The minimum Gasteiger partial charge on any atom is -0.393 e. The molecule has 1 rings (SSSR count). The lowest BCUT2D eigenvalue weighted by Gasteiger charge is -2.23. The first-order chi connectivity index (χ1) is 8.24. The maximum absolute atomic E-state index is 13.5. The summed E-state index contributed by atoms with van der Waals surface area (Å²) in [5.74, 6) is -1.05. The minimum atomic E-state index is -0.566. The highest BCUT2D eigenvalue weighted by atomic mass is 79.9. The van der Waals surface area contributed by atoms with Gasteiger partial charge in [0.25, 0.3) is 5.91 Å². The van der Waals surface area contributed by atoms with Crippen LogP contribution in [0.1, 0.15) is 24.2 Å². The van der Waals surface area contributed by atoms with Crippen molar-refractivity contribution in [3.8, 4) is 0 Å². The number of benzene rings is 1. The van der Waals surface area contributed by atoms with Gasteiger partial charge in [-0.3, -0.25) is 4.79 Å². The van der Waals surface area contributed by atoms with E-state index < -0.39 is 17.1 Å². The van der Waals surface area contributed by atoms with Crippen LogP contribution in [0, 0.1) is 11.2 Å². The molecule has 0 aliphatic carbocycles. The van der Waals surface area contributed by atoms with E-state index in [1.807, 2.05) is 13.8 Å². The van der Waals surface area contributed by atoms with Crippen LogP contribution < -0.4 is 11.1 Å². The van der Waals surface area contributed by atoms with Gasteiger partial charge in [-0.25, -0.2) is 4.39 Å². The highest BCUT2D eigenvalue weighted by Crippen LogP contribution is 2.17. The average molecular weight is 333 g/mol. The smallest absolute Gasteiger partial charge is 0.254 e. The van der Waals surface area contributed by atoms with Crippen molar-refractivity contribution in [2.24, 2.45) is 11.1 Å². The molecule has 0 aromatic heterocycles. The van der Waals surface area contributed by atoms with Crippen molar-refractivity contribution in [3.05, 3.63) is 34.1 Å². The third kappa shape index (κ3) is 3.74. The van der Waals surface area contributed by atoms with Crippen LogP contribution in [-0.2, 0) is 0 Å². The van der Waals surface area contributed by atoms with Gasteiger partial charge in [-0.15, -0.1) is 0 Å². The van der Waals surface area contributed by atoms with E-state index >= 15 is 0 Å². The topological polar surface area (TPSA) is 55.1 Å². The van der Waals surface area contributed by atoms with Gasteiger partial charge in [-0.05, 0) is 18.2 Å². The van der Waals surface area contributed by atoms with Crippen molar-refractivity contribution in [2.75, 3.05) is 6.54 Å². The van der Waals surface area contributed by atoms with Crippen LogP contribution in [0.15, 0.2) is 22.7 Å². The predicted molar refractivity (Wildman–Crippen MR) is 77.0 cm³/mol. The van der Waals surface area contributed by atoms with Crippen LogP contribution >= 0.6 is 28.1 Å². The Balaban J connectivity index is 2.78. The summed E-state index contributed by atoms with van der Waals surface area (Å²) in [6, 6.07) is 4.20. The number of carbonyl (C=O) groups excluding carboxylic acids is 1. The summed E-state index contributed by atoms with van der Waals surface area (Å²) >= 11 is 8.08. The highest BCUT2D eigenvalue weighted by Gasteiger charge is 2.23. The second-order valence-corrected chi connectivity index (χ2v) is 5.91. The third-order valence-electron chi connectivity index (χ3n) is 2.53. The summed E-state index contributed by atoms with van der Waals surface area (Å²) < 4.78 is 14.1. The molecule has 0 atom stereocenters. The van der Waals surface area contributed by atoms with Crippen molar-refractivity contribution in [2.45, 2.75) is 13.8 Å². The molecule has 3 nitrogen and oxygen atoms in total. The Morgan fingerprint density at radius 3 is 2.72 bits per heavy atom. The molecule has 0 unspecified atom stereocenters. The Bertz CT molecular complexity index is 491. The summed E-state index contributed by atoms with van der Waals surface area (Å²) in [5.41, 5.74) is 5.03. The van der Waals surface area contributed by atoms with Gasteiger partial charge in [0.2, 0.25) is 0 Å². The number of hydrogen-bond acceptors (Lipinski definition) is 2. The van der Waals surface area contributed by atoms with Crippen molar-refractivity contribution in [1.82, 2.24) is 5.32 Å². The zero-order valence-corrected chi connectivity index (χ0v) is 12.5. The van der Waals surface area contributed by atoms with Crippen LogP contribution in [0.3, 0.4) is 0 Å². The number of hydrogen-bond donors (Lipinski definition) is 2. The monoisotopic (exact) mass is 332 g/mol. The van der Waals surface area contributed by atoms with Crippen molar-refractivity contribution in [1.29, 1.82) is 0 Å². The Labute approximate surface area is 119 Å². The van der Waals surface area contributed by atoms with Crippen molar-refractivity contribution >= 4 is 39.0 Å². The molecule has 98 valence electrons. The lowest BCUT2D eigenvalue weighted by Crippen LogP contribution is -2.41. The molecular weight excluding hydrogens is 319 g/mol. The summed E-state index contributed by atoms with van der Waals surface area (Å²) in [5, 5.41) is 2.62. The molecule has 0 heterocycles. The number of halogens is 2. The lowest BCUT2D eigenvalue weighted by atomic mass is 9.93. The molecule has 0 saturated carbocycles. The summed E-state index contributed by atoms with van der Waals surface area (Å²) in [4.78, 5) is 12.1. The number of thiocarbonyl (C=S) groups is 1. The zero-order valence-electron chi connectivity index (χ0n) is 10.1. The molecule has 0 aliphatic rings. The van der Waals surface area contributed by atoms with E-state index in [9.17, 15) is 9.18 Å². The molecule has 3 N–H and O–H groups in total. The van der Waals surface area contributed by atoms with Gasteiger partial charge in [-0.1, -0.05) is 42.0 Å². The number of carbonyl (C=O) groups is 1. The lowest BCUT2D eigenvalue weighted by molar-refractivity contribution is 0.0941. The van der Waals surface area contributed by atoms with Gasteiger partial charge in [0.15, 0.2) is 0 Å². The number of rotatable bonds is 4. The minimum absolute atomic E-state index is 0.0110. The second kappa shape index (κ2) is 5.75. The SMILES string of the molecule is CC(C)(CNC(=O)c1cc(Br)ccc1F)C(N)=S. The molecule has 0 bridgehead atoms. The molecule has 1 aromatic rings. The fraction of sp³-hybridized carbons (Fsp3) is 0.333. The first kappa shape index (κ1) is 15.0. The van der Waals surface area contributed by atoms with E-state index in [0.717, 1.165) is 0 Å². The molecule has 0 fully saturated rings. The summed E-state index contributed by atoms with van der Waals surface area (Å²) in [6.07, 6.45) is 0. The molecular formula is C12H14BrFN2OS. The van der Waals surface area contributed by atoms with Crippen LogP contribution in [0.2, 0.25) is 0 Å². The molecule has 0 radical (unpaired) electrons. The zero-order chi connectivity index (χ0) is 13.9. The van der Waals surface area contributed by atoms with Crippen LogP contribution in [0.5, 0.6) is 0 Å². The maximum atomic E-state index is 13.5. The fourth-order valence-corrected chi connectivity index (χ4v) is 1.59. The summed E-state index contributed by atoms with van der Waals surface area (Å²) in [6.45, 7) is 3.88. The molecule has 0 spiro atoms. The van der Waals surface area contributed by atoms with Crippen LogP contribution in [0.25, 0.3) is 0 Å². The Morgan fingerprint density at radius 1 is 1.56 bits per heavy atom. The van der Waals surface area contributed by atoms with E-state index in [1.165, 1.54) is 18.2 Å². The first-order valence-corrected chi connectivity index (χ1v) is 6.47. The van der Waals surface area contributed by atoms with Gasteiger partial charge in [-0.2, -0.15) is 0 Å². The number of nitrogens with two attached hydrogens (primary N) is 1. The molecule has 0 saturated heterocycles. The maximum Gasteiger partial charge on any atom is 0.254 e.